The molecular weight excluding hydrogens is 815 g/mol. The highest BCUT2D eigenvalue weighted by molar-refractivity contribution is 8.00. The van der Waals surface area contributed by atoms with Gasteiger partial charge in [0.05, 0.1) is 34.3 Å². The SMILES string of the molecule is CC1(C)c2cc(C=Cc3ccc4c(c3)c3c(n4-c4ccccc4)C=CC(N4c5ccccc5Sc5ccccc54)C3)ccc2-c2ccc(N3c4ccccc4Sc4ccccc43)cc21. The van der Waals surface area contributed by atoms with E-state index in [0.29, 0.717) is 0 Å². The number of benzene rings is 8. The second-order valence-electron chi connectivity index (χ2n) is 17.7. The van der Waals surface area contributed by atoms with Gasteiger partial charge in [-0.25, -0.2) is 0 Å². The van der Waals surface area contributed by atoms with Crippen molar-refractivity contribution in [1.82, 2.24) is 4.57 Å². The zero-order chi connectivity index (χ0) is 42.5. The lowest BCUT2D eigenvalue weighted by Crippen LogP contribution is -2.34. The molecule has 0 spiro atoms. The molecular formula is C59H43N3S2. The molecule has 0 bridgehead atoms. The van der Waals surface area contributed by atoms with Crippen LogP contribution in [0.5, 0.6) is 0 Å². The van der Waals surface area contributed by atoms with Gasteiger partial charge in [-0.2, -0.15) is 0 Å². The molecule has 8 aromatic carbocycles. The van der Waals surface area contributed by atoms with E-state index in [2.05, 4.69) is 235 Å². The molecule has 2 aliphatic heterocycles. The fraction of sp³-hybridized carbons (Fsp3) is 0.0847. The van der Waals surface area contributed by atoms with Gasteiger partial charge in [-0.05, 0) is 136 Å². The van der Waals surface area contributed by atoms with Crippen LogP contribution in [0.2, 0.25) is 0 Å². The van der Waals surface area contributed by atoms with Crippen LogP contribution in [-0.2, 0) is 11.8 Å². The Morgan fingerprint density at radius 3 is 1.70 bits per heavy atom. The molecule has 1 atom stereocenters. The van der Waals surface area contributed by atoms with Crippen molar-refractivity contribution in [2.45, 2.75) is 51.3 Å². The molecule has 0 saturated heterocycles. The average molecular weight is 858 g/mol. The first-order chi connectivity index (χ1) is 31.5. The molecule has 2 aliphatic carbocycles. The summed E-state index contributed by atoms with van der Waals surface area (Å²) in [4.78, 5) is 10.2. The van der Waals surface area contributed by atoms with Crippen molar-refractivity contribution in [1.29, 1.82) is 0 Å². The lowest BCUT2D eigenvalue weighted by molar-refractivity contribution is 0.660. The zero-order valence-electron chi connectivity index (χ0n) is 35.6. The van der Waals surface area contributed by atoms with E-state index in [9.17, 15) is 0 Å². The topological polar surface area (TPSA) is 11.4 Å². The van der Waals surface area contributed by atoms with E-state index in [1.165, 1.54) is 109 Å². The van der Waals surface area contributed by atoms with E-state index >= 15 is 0 Å². The smallest absolute Gasteiger partial charge is 0.0601 e. The van der Waals surface area contributed by atoms with E-state index in [1.807, 2.05) is 23.5 Å². The highest BCUT2D eigenvalue weighted by Gasteiger charge is 2.37. The summed E-state index contributed by atoms with van der Waals surface area (Å²) in [6.07, 6.45) is 10.3. The van der Waals surface area contributed by atoms with Crippen LogP contribution in [-0.4, -0.2) is 10.6 Å². The van der Waals surface area contributed by atoms with Gasteiger partial charge in [0, 0.05) is 47.5 Å². The van der Waals surface area contributed by atoms with Gasteiger partial charge in [0.1, 0.15) is 0 Å². The highest BCUT2D eigenvalue weighted by Crippen LogP contribution is 2.55. The quantitative estimate of drug-likeness (QED) is 0.160. The highest BCUT2D eigenvalue weighted by atomic mass is 32.2. The molecule has 1 unspecified atom stereocenters. The molecule has 0 amide bonds. The van der Waals surface area contributed by atoms with Crippen molar-refractivity contribution in [2.24, 2.45) is 0 Å². The lowest BCUT2D eigenvalue weighted by Gasteiger charge is -2.38. The Morgan fingerprint density at radius 2 is 1.05 bits per heavy atom. The van der Waals surface area contributed by atoms with E-state index in [1.54, 1.807) is 0 Å². The largest absolute Gasteiger partial charge is 0.332 e. The van der Waals surface area contributed by atoms with Crippen LogP contribution >= 0.6 is 23.5 Å². The predicted octanol–water partition coefficient (Wildman–Crippen LogP) is 16.3. The standard InChI is InChI=1S/C59H43N3S2/c1-59(2)47-35-39(26-30-43(47)44-31-28-42(37-48(44)59)62-53-18-8-12-22-57(53)64-58-23-13-9-19-54(58)62)25-24-38-27-32-49-45(34-38)46-36-41(29-33-50(46)60(49)40-14-4-3-5-15-40)61-51-16-6-10-20-55(51)63-56-21-11-7-17-52(56)61/h3-35,37,41H,36H2,1-2H3. The lowest BCUT2D eigenvalue weighted by atomic mass is 9.81. The Kier molecular flexibility index (Phi) is 8.56. The molecule has 1 aromatic heterocycles. The number of anilines is 5. The molecule has 0 N–H and O–H groups in total. The second-order valence-corrected chi connectivity index (χ2v) is 19.9. The molecule has 4 aliphatic rings. The summed E-state index contributed by atoms with van der Waals surface area (Å²) in [6, 6.07) is 67.4. The maximum absolute atomic E-state index is 2.56. The summed E-state index contributed by atoms with van der Waals surface area (Å²) in [7, 11) is 0. The molecule has 0 saturated carbocycles. The van der Waals surface area contributed by atoms with Crippen LogP contribution in [0.15, 0.2) is 208 Å². The van der Waals surface area contributed by atoms with E-state index in [4.69, 9.17) is 0 Å². The van der Waals surface area contributed by atoms with Crippen molar-refractivity contribution < 1.29 is 0 Å². The van der Waals surface area contributed by atoms with Crippen molar-refractivity contribution in [3.8, 4) is 16.8 Å². The van der Waals surface area contributed by atoms with E-state index < -0.39 is 0 Å². The van der Waals surface area contributed by atoms with Crippen molar-refractivity contribution >= 4 is 81.1 Å². The van der Waals surface area contributed by atoms with Gasteiger partial charge >= 0.3 is 0 Å². The van der Waals surface area contributed by atoms with Crippen LogP contribution in [0.25, 0.3) is 45.9 Å². The van der Waals surface area contributed by atoms with Crippen molar-refractivity contribution in [3.63, 3.8) is 0 Å². The third kappa shape index (κ3) is 5.84. The Balaban J connectivity index is 0.850. The van der Waals surface area contributed by atoms with Crippen molar-refractivity contribution in [2.75, 3.05) is 9.80 Å². The molecule has 13 rings (SSSR count). The molecule has 306 valence electrons. The zero-order valence-corrected chi connectivity index (χ0v) is 37.2. The van der Waals surface area contributed by atoms with Crippen LogP contribution in [0.1, 0.15) is 47.4 Å². The minimum Gasteiger partial charge on any atom is -0.332 e. The first kappa shape index (κ1) is 37.6. The second kappa shape index (κ2) is 14.6. The average Bonchev–Trinajstić information content (AvgIpc) is 3.78. The Bertz CT molecular complexity index is 3340. The summed E-state index contributed by atoms with van der Waals surface area (Å²) < 4.78 is 2.45. The van der Waals surface area contributed by atoms with E-state index in [0.717, 1.165) is 6.42 Å². The van der Waals surface area contributed by atoms with Gasteiger partial charge in [-0.15, -0.1) is 0 Å². The summed E-state index contributed by atoms with van der Waals surface area (Å²) in [5.41, 5.74) is 18.9. The van der Waals surface area contributed by atoms with Gasteiger partial charge in [0.15, 0.2) is 0 Å². The molecule has 0 radical (unpaired) electrons. The first-order valence-electron chi connectivity index (χ1n) is 22.2. The third-order valence-electron chi connectivity index (χ3n) is 13.7. The molecule has 3 heterocycles. The van der Waals surface area contributed by atoms with Crippen LogP contribution in [0, 0.1) is 0 Å². The molecule has 5 heteroatoms. The van der Waals surface area contributed by atoms with Crippen LogP contribution < -0.4 is 9.80 Å². The number of hydrogen-bond acceptors (Lipinski definition) is 4. The first-order valence-corrected chi connectivity index (χ1v) is 23.8. The summed E-state index contributed by atoms with van der Waals surface area (Å²) in [6.45, 7) is 4.78. The van der Waals surface area contributed by atoms with E-state index in [-0.39, 0.29) is 11.5 Å². The third-order valence-corrected chi connectivity index (χ3v) is 15.9. The van der Waals surface area contributed by atoms with Gasteiger partial charge in [0.2, 0.25) is 0 Å². The fourth-order valence-electron chi connectivity index (χ4n) is 10.6. The van der Waals surface area contributed by atoms with Gasteiger partial charge in [0.25, 0.3) is 0 Å². The minimum absolute atomic E-state index is 0.162. The fourth-order valence-corrected chi connectivity index (χ4v) is 12.8. The summed E-state index contributed by atoms with van der Waals surface area (Å²) in [5, 5.41) is 1.31. The molecule has 9 aromatic rings. The number of hydrogen-bond donors (Lipinski definition) is 0. The maximum atomic E-state index is 2.56. The number of para-hydroxylation sites is 5. The Morgan fingerprint density at radius 1 is 0.516 bits per heavy atom. The van der Waals surface area contributed by atoms with Crippen LogP contribution in [0.3, 0.4) is 0 Å². The summed E-state index contributed by atoms with van der Waals surface area (Å²) in [5.74, 6) is 0. The monoisotopic (exact) mass is 857 g/mol. The van der Waals surface area contributed by atoms with Gasteiger partial charge in [-0.1, -0.05) is 153 Å². The maximum Gasteiger partial charge on any atom is 0.0601 e. The number of fused-ring (bicyclic) bond motifs is 10. The Hall–Kier alpha value is -6.92. The minimum atomic E-state index is -0.162. The van der Waals surface area contributed by atoms with Gasteiger partial charge in [-0.3, -0.25) is 0 Å². The molecule has 3 nitrogen and oxygen atoms in total. The van der Waals surface area contributed by atoms with Crippen molar-refractivity contribution in [3.05, 3.63) is 222 Å². The molecule has 0 fully saturated rings. The predicted molar refractivity (Wildman–Crippen MR) is 271 cm³/mol. The normalized spacial score (nSPS) is 16.2. The molecule has 64 heavy (non-hydrogen) atoms. The number of rotatable bonds is 5. The Labute approximate surface area is 383 Å². The van der Waals surface area contributed by atoms with Gasteiger partial charge < -0.3 is 14.4 Å². The number of nitrogens with zero attached hydrogens (tertiary/aromatic N) is 3. The summed E-state index contributed by atoms with van der Waals surface area (Å²) >= 11 is 3.72. The van der Waals surface area contributed by atoms with Crippen LogP contribution in [0.4, 0.5) is 28.4 Å². The number of aromatic nitrogens is 1.